The Kier molecular flexibility index (Phi) is 5.70. The number of carbonyl (C=O) groups is 1. The number of amides is 1. The number of hydrogen-bond acceptors (Lipinski definition) is 2. The molecule has 1 rings (SSSR count). The van der Waals surface area contributed by atoms with Gasteiger partial charge in [-0.1, -0.05) is 50.6 Å². The molecule has 3 nitrogen and oxygen atoms in total. The Morgan fingerprint density at radius 2 is 1.94 bits per heavy atom. The summed E-state index contributed by atoms with van der Waals surface area (Å²) in [6, 6.07) is 9.84. The first-order valence-corrected chi connectivity index (χ1v) is 6.18. The molecule has 1 aromatic carbocycles. The van der Waals surface area contributed by atoms with Crippen LogP contribution in [0.15, 0.2) is 30.3 Å². The molecule has 0 unspecified atom stereocenters. The molecule has 2 N–H and O–H groups in total. The predicted molar refractivity (Wildman–Crippen MR) is 70.6 cm³/mol. The summed E-state index contributed by atoms with van der Waals surface area (Å²) >= 11 is 0. The van der Waals surface area contributed by atoms with Crippen molar-refractivity contribution in [2.24, 2.45) is 5.92 Å². The van der Waals surface area contributed by atoms with E-state index in [0.29, 0.717) is 12.5 Å². The molecule has 0 bridgehead atoms. The predicted octanol–water partition coefficient (Wildman–Crippen LogP) is 1.94. The second-order valence-corrected chi connectivity index (χ2v) is 4.36. The van der Waals surface area contributed by atoms with Gasteiger partial charge in [0, 0.05) is 6.54 Å². The van der Waals surface area contributed by atoms with Gasteiger partial charge in [0.15, 0.2) is 0 Å². The summed E-state index contributed by atoms with van der Waals surface area (Å²) in [5.41, 5.74) is 1.12. The van der Waals surface area contributed by atoms with E-state index in [9.17, 15) is 4.79 Å². The van der Waals surface area contributed by atoms with Crippen LogP contribution in [0.1, 0.15) is 25.8 Å². The van der Waals surface area contributed by atoms with Crippen molar-refractivity contribution in [3.8, 4) is 0 Å². The Bertz CT molecular complexity index is 337. The van der Waals surface area contributed by atoms with Gasteiger partial charge in [0.05, 0.1) is 6.04 Å². The minimum absolute atomic E-state index is 0.0747. The lowest BCUT2D eigenvalue weighted by Crippen LogP contribution is -2.46. The van der Waals surface area contributed by atoms with Crippen molar-refractivity contribution < 1.29 is 4.79 Å². The number of carbonyl (C=O) groups excluding carboxylic acids is 1. The van der Waals surface area contributed by atoms with Crippen LogP contribution >= 0.6 is 0 Å². The van der Waals surface area contributed by atoms with Crippen LogP contribution < -0.4 is 10.6 Å². The molecule has 0 fully saturated rings. The first-order valence-electron chi connectivity index (χ1n) is 6.18. The average molecular weight is 234 g/mol. The van der Waals surface area contributed by atoms with Gasteiger partial charge in [-0.3, -0.25) is 4.79 Å². The fourth-order valence-corrected chi connectivity index (χ4v) is 1.80. The Morgan fingerprint density at radius 1 is 1.29 bits per heavy atom. The normalized spacial score (nSPS) is 14.1. The van der Waals surface area contributed by atoms with Crippen LogP contribution in [0.3, 0.4) is 0 Å². The van der Waals surface area contributed by atoms with Crippen LogP contribution in [0.2, 0.25) is 0 Å². The van der Waals surface area contributed by atoms with Crippen molar-refractivity contribution >= 4 is 5.91 Å². The molecule has 94 valence electrons. The summed E-state index contributed by atoms with van der Waals surface area (Å²) < 4.78 is 0. The zero-order chi connectivity index (χ0) is 12.7. The Morgan fingerprint density at radius 3 is 2.47 bits per heavy atom. The summed E-state index contributed by atoms with van der Waals surface area (Å²) in [6.07, 6.45) is 0.990. The Balaban J connectivity index is 2.48. The van der Waals surface area contributed by atoms with Gasteiger partial charge in [-0.25, -0.2) is 0 Å². The molecule has 0 aliphatic carbocycles. The zero-order valence-electron chi connectivity index (χ0n) is 10.9. The van der Waals surface area contributed by atoms with Crippen molar-refractivity contribution in [3.05, 3.63) is 35.9 Å². The highest BCUT2D eigenvalue weighted by Crippen LogP contribution is 2.07. The van der Waals surface area contributed by atoms with E-state index in [4.69, 9.17) is 0 Å². The second-order valence-electron chi connectivity index (χ2n) is 4.36. The zero-order valence-corrected chi connectivity index (χ0v) is 10.9. The SMILES string of the molecule is CC[C@@H](C)[C@@H](NC)C(=O)NCc1ccccc1. The van der Waals surface area contributed by atoms with Crippen molar-refractivity contribution in [3.63, 3.8) is 0 Å². The molecule has 0 aliphatic heterocycles. The van der Waals surface area contributed by atoms with E-state index in [0.717, 1.165) is 12.0 Å². The number of hydrogen-bond donors (Lipinski definition) is 2. The van der Waals surface area contributed by atoms with Gasteiger partial charge in [-0.05, 0) is 18.5 Å². The highest BCUT2D eigenvalue weighted by atomic mass is 16.2. The lowest BCUT2D eigenvalue weighted by atomic mass is 9.98. The van der Waals surface area contributed by atoms with Gasteiger partial charge in [-0.15, -0.1) is 0 Å². The van der Waals surface area contributed by atoms with E-state index in [-0.39, 0.29) is 11.9 Å². The largest absolute Gasteiger partial charge is 0.351 e. The van der Waals surface area contributed by atoms with Gasteiger partial charge in [0.2, 0.25) is 5.91 Å². The summed E-state index contributed by atoms with van der Waals surface area (Å²) in [5, 5.41) is 6.04. The van der Waals surface area contributed by atoms with Crippen LogP contribution in [-0.2, 0) is 11.3 Å². The lowest BCUT2D eigenvalue weighted by molar-refractivity contribution is -0.124. The van der Waals surface area contributed by atoms with E-state index in [2.05, 4.69) is 24.5 Å². The molecule has 2 atom stereocenters. The van der Waals surface area contributed by atoms with E-state index in [1.807, 2.05) is 37.4 Å². The summed E-state index contributed by atoms with van der Waals surface area (Å²) in [6.45, 7) is 4.77. The van der Waals surface area contributed by atoms with Crippen LogP contribution in [0.4, 0.5) is 0 Å². The van der Waals surface area contributed by atoms with E-state index >= 15 is 0 Å². The second kappa shape index (κ2) is 7.07. The van der Waals surface area contributed by atoms with Crippen molar-refractivity contribution in [2.75, 3.05) is 7.05 Å². The fraction of sp³-hybridized carbons (Fsp3) is 0.500. The lowest BCUT2D eigenvalue weighted by Gasteiger charge is -2.21. The van der Waals surface area contributed by atoms with Crippen molar-refractivity contribution in [2.45, 2.75) is 32.9 Å². The number of likely N-dealkylation sites (N-methyl/N-ethyl adjacent to an activating group) is 1. The molecule has 0 saturated carbocycles. The van der Waals surface area contributed by atoms with Gasteiger partial charge < -0.3 is 10.6 Å². The molecule has 3 heteroatoms. The Hall–Kier alpha value is -1.35. The molecule has 0 heterocycles. The molecule has 17 heavy (non-hydrogen) atoms. The third kappa shape index (κ3) is 4.19. The van der Waals surface area contributed by atoms with Gasteiger partial charge in [0.1, 0.15) is 0 Å². The minimum Gasteiger partial charge on any atom is -0.351 e. The highest BCUT2D eigenvalue weighted by molar-refractivity contribution is 5.81. The first kappa shape index (κ1) is 13.7. The van der Waals surface area contributed by atoms with Crippen LogP contribution in [-0.4, -0.2) is 19.0 Å². The van der Waals surface area contributed by atoms with Crippen LogP contribution in [0.25, 0.3) is 0 Å². The molecule has 0 saturated heterocycles. The fourth-order valence-electron chi connectivity index (χ4n) is 1.80. The number of rotatable bonds is 6. The summed E-state index contributed by atoms with van der Waals surface area (Å²) in [5.74, 6) is 0.418. The quantitative estimate of drug-likeness (QED) is 0.789. The standard InChI is InChI=1S/C14H22N2O/c1-4-11(2)13(15-3)14(17)16-10-12-8-6-5-7-9-12/h5-9,11,13,15H,4,10H2,1-3H3,(H,16,17)/t11-,13-/m1/s1. The molecule has 0 aromatic heterocycles. The third-order valence-corrected chi connectivity index (χ3v) is 3.12. The van der Waals surface area contributed by atoms with Gasteiger partial charge in [0.25, 0.3) is 0 Å². The summed E-state index contributed by atoms with van der Waals surface area (Å²) in [4.78, 5) is 12.0. The van der Waals surface area contributed by atoms with E-state index in [1.165, 1.54) is 0 Å². The topological polar surface area (TPSA) is 41.1 Å². The third-order valence-electron chi connectivity index (χ3n) is 3.12. The monoisotopic (exact) mass is 234 g/mol. The van der Waals surface area contributed by atoms with E-state index < -0.39 is 0 Å². The van der Waals surface area contributed by atoms with Gasteiger partial charge >= 0.3 is 0 Å². The van der Waals surface area contributed by atoms with Crippen LogP contribution in [0, 0.1) is 5.92 Å². The minimum atomic E-state index is -0.108. The van der Waals surface area contributed by atoms with Crippen molar-refractivity contribution in [1.29, 1.82) is 0 Å². The first-order chi connectivity index (χ1) is 8.19. The molecular formula is C14H22N2O. The maximum atomic E-state index is 12.0. The smallest absolute Gasteiger partial charge is 0.237 e. The molecule has 0 spiro atoms. The number of nitrogens with one attached hydrogen (secondary N) is 2. The molecule has 0 aliphatic rings. The molecule has 1 aromatic rings. The molecular weight excluding hydrogens is 212 g/mol. The maximum absolute atomic E-state index is 12.0. The Labute approximate surface area is 104 Å². The average Bonchev–Trinajstić information content (AvgIpc) is 2.38. The van der Waals surface area contributed by atoms with Gasteiger partial charge in [-0.2, -0.15) is 0 Å². The van der Waals surface area contributed by atoms with Crippen LogP contribution in [0.5, 0.6) is 0 Å². The summed E-state index contributed by atoms with van der Waals surface area (Å²) in [7, 11) is 1.83. The molecule has 1 amide bonds. The molecule has 0 radical (unpaired) electrons. The highest BCUT2D eigenvalue weighted by Gasteiger charge is 2.21. The maximum Gasteiger partial charge on any atom is 0.237 e. The number of benzene rings is 1. The van der Waals surface area contributed by atoms with Crippen molar-refractivity contribution in [1.82, 2.24) is 10.6 Å². The van der Waals surface area contributed by atoms with E-state index in [1.54, 1.807) is 0 Å².